The lowest BCUT2D eigenvalue weighted by atomic mass is 9.86. The molecule has 2 aromatic rings. The zero-order valence-electron chi connectivity index (χ0n) is 12.8. The molecule has 22 heavy (non-hydrogen) atoms. The Bertz CT molecular complexity index is 676. The number of para-hydroxylation sites is 1. The highest BCUT2D eigenvalue weighted by Crippen LogP contribution is 2.23. The molecule has 5 heteroatoms. The molecule has 4 nitrogen and oxygen atoms in total. The van der Waals surface area contributed by atoms with Gasteiger partial charge in [0.1, 0.15) is 0 Å². The number of nitrogens with one attached hydrogen (secondary N) is 3. The lowest BCUT2D eigenvalue weighted by Gasteiger charge is -2.30. The number of hydrogen-bond donors (Lipinski definition) is 3. The van der Waals surface area contributed by atoms with E-state index >= 15 is 0 Å². The molecule has 116 valence electrons. The van der Waals surface area contributed by atoms with Crippen LogP contribution in [-0.2, 0) is 0 Å². The first kappa shape index (κ1) is 15.0. The number of rotatable bonds is 3. The normalized spacial score (nSPS) is 22.0. The molecule has 1 aromatic heterocycles. The van der Waals surface area contributed by atoms with Crippen LogP contribution in [0.3, 0.4) is 0 Å². The maximum Gasteiger partial charge on any atom is 0.187 e. The van der Waals surface area contributed by atoms with Gasteiger partial charge in [-0.1, -0.05) is 38.0 Å². The fourth-order valence-corrected chi connectivity index (χ4v) is 3.30. The summed E-state index contributed by atoms with van der Waals surface area (Å²) in [6.45, 7) is 2.29. The highest BCUT2D eigenvalue weighted by atomic mass is 32.1. The van der Waals surface area contributed by atoms with Gasteiger partial charge < -0.3 is 10.3 Å². The van der Waals surface area contributed by atoms with Gasteiger partial charge in [-0.05, 0) is 37.0 Å². The van der Waals surface area contributed by atoms with E-state index in [0.717, 1.165) is 16.5 Å². The summed E-state index contributed by atoms with van der Waals surface area (Å²) in [6, 6.07) is 8.64. The number of H-pyrrole nitrogens is 1. The molecule has 1 aromatic carbocycles. The third-order valence-corrected chi connectivity index (χ3v) is 4.63. The van der Waals surface area contributed by atoms with Crippen molar-refractivity contribution in [2.75, 3.05) is 0 Å². The van der Waals surface area contributed by atoms with Gasteiger partial charge in [-0.3, -0.25) is 5.43 Å². The van der Waals surface area contributed by atoms with Crippen LogP contribution >= 0.6 is 12.2 Å². The van der Waals surface area contributed by atoms with Gasteiger partial charge in [0.25, 0.3) is 0 Å². The Labute approximate surface area is 136 Å². The van der Waals surface area contributed by atoms with Gasteiger partial charge in [-0.15, -0.1) is 0 Å². The van der Waals surface area contributed by atoms with Crippen molar-refractivity contribution in [3.8, 4) is 0 Å². The number of hydrogen-bond acceptors (Lipinski definition) is 2. The van der Waals surface area contributed by atoms with Gasteiger partial charge in [0.15, 0.2) is 5.11 Å². The number of fused-ring (bicyclic) bond motifs is 1. The third kappa shape index (κ3) is 3.47. The Kier molecular flexibility index (Phi) is 4.73. The van der Waals surface area contributed by atoms with Gasteiger partial charge in [-0.2, -0.15) is 5.10 Å². The average molecular weight is 314 g/mol. The topological polar surface area (TPSA) is 52.2 Å². The first-order chi connectivity index (χ1) is 10.7. The lowest BCUT2D eigenvalue weighted by Crippen LogP contribution is -2.44. The van der Waals surface area contributed by atoms with Crippen molar-refractivity contribution in [2.24, 2.45) is 11.0 Å². The summed E-state index contributed by atoms with van der Waals surface area (Å²) in [4.78, 5) is 3.23. The summed E-state index contributed by atoms with van der Waals surface area (Å²) in [5, 5.41) is 9.41. The molecule has 3 rings (SSSR count). The predicted octanol–water partition coefficient (Wildman–Crippen LogP) is 3.54. The number of benzene rings is 1. The summed E-state index contributed by atoms with van der Waals surface area (Å²) in [7, 11) is 0. The van der Waals surface area contributed by atoms with Crippen LogP contribution in [0.5, 0.6) is 0 Å². The van der Waals surface area contributed by atoms with Crippen molar-refractivity contribution >= 4 is 34.4 Å². The van der Waals surface area contributed by atoms with Crippen LogP contribution in [0.4, 0.5) is 0 Å². The Morgan fingerprint density at radius 2 is 2.14 bits per heavy atom. The van der Waals surface area contributed by atoms with Crippen LogP contribution in [0.2, 0.25) is 0 Å². The Morgan fingerprint density at radius 1 is 1.32 bits per heavy atom. The zero-order chi connectivity index (χ0) is 15.4. The zero-order valence-corrected chi connectivity index (χ0v) is 13.6. The van der Waals surface area contributed by atoms with Gasteiger partial charge in [0, 0.05) is 28.7 Å². The van der Waals surface area contributed by atoms with Gasteiger partial charge >= 0.3 is 0 Å². The molecule has 1 saturated carbocycles. The molecule has 1 fully saturated rings. The second-order valence-corrected chi connectivity index (χ2v) is 6.41. The summed E-state index contributed by atoms with van der Waals surface area (Å²) in [5.41, 5.74) is 5.09. The molecular formula is C17H22N4S. The van der Waals surface area contributed by atoms with E-state index in [2.05, 4.69) is 39.9 Å². The maximum absolute atomic E-state index is 5.33. The minimum Gasteiger partial charge on any atom is -0.361 e. The van der Waals surface area contributed by atoms with E-state index in [4.69, 9.17) is 12.2 Å². The standard InChI is InChI=1S/C17H22N4S/c1-12-6-2-4-8-15(12)20-17(22)21-19-11-13-10-18-16-9-5-3-7-14(13)16/h3,5,7,9-12,15,18H,2,4,6,8H2,1H3,(H2,20,21,22)/b19-11+/t12-,15+/m0/s1. The molecule has 1 aliphatic rings. The predicted molar refractivity (Wildman–Crippen MR) is 96.2 cm³/mol. The fourth-order valence-electron chi connectivity index (χ4n) is 3.09. The number of hydrazone groups is 1. The van der Waals surface area contributed by atoms with Crippen molar-refractivity contribution in [3.63, 3.8) is 0 Å². The summed E-state index contributed by atoms with van der Waals surface area (Å²) >= 11 is 5.33. The van der Waals surface area contributed by atoms with Crippen LogP contribution in [0, 0.1) is 5.92 Å². The number of aromatic amines is 1. The van der Waals surface area contributed by atoms with Crippen molar-refractivity contribution in [2.45, 2.75) is 38.6 Å². The molecule has 1 aliphatic carbocycles. The minimum atomic E-state index is 0.469. The second kappa shape index (κ2) is 6.92. The second-order valence-electron chi connectivity index (χ2n) is 6.00. The van der Waals surface area contributed by atoms with E-state index < -0.39 is 0 Å². The number of nitrogens with zero attached hydrogens (tertiary/aromatic N) is 1. The molecule has 0 unspecified atom stereocenters. The van der Waals surface area contributed by atoms with Gasteiger partial charge in [0.2, 0.25) is 0 Å². The molecule has 0 saturated heterocycles. The van der Waals surface area contributed by atoms with E-state index in [-0.39, 0.29) is 0 Å². The van der Waals surface area contributed by atoms with E-state index in [0.29, 0.717) is 17.1 Å². The SMILES string of the molecule is C[C@H]1CCCC[C@H]1NC(=S)N/N=C/c1c[nH]c2ccccc12. The molecule has 2 atom stereocenters. The summed E-state index contributed by atoms with van der Waals surface area (Å²) in [6.07, 6.45) is 8.84. The Morgan fingerprint density at radius 3 is 3.00 bits per heavy atom. The largest absolute Gasteiger partial charge is 0.361 e. The summed E-state index contributed by atoms with van der Waals surface area (Å²) in [5.74, 6) is 0.672. The molecule has 0 radical (unpaired) electrons. The fraction of sp³-hybridized carbons (Fsp3) is 0.412. The van der Waals surface area contributed by atoms with E-state index in [9.17, 15) is 0 Å². The minimum absolute atomic E-state index is 0.469. The monoisotopic (exact) mass is 314 g/mol. The van der Waals surface area contributed by atoms with Crippen molar-refractivity contribution in [3.05, 3.63) is 36.0 Å². The average Bonchev–Trinajstić information content (AvgIpc) is 2.93. The third-order valence-electron chi connectivity index (χ3n) is 4.42. The van der Waals surface area contributed by atoms with Crippen LogP contribution in [0.25, 0.3) is 10.9 Å². The van der Waals surface area contributed by atoms with Gasteiger partial charge in [0.05, 0.1) is 6.21 Å². The molecule has 0 bridgehead atoms. The van der Waals surface area contributed by atoms with Crippen LogP contribution < -0.4 is 10.7 Å². The highest BCUT2D eigenvalue weighted by molar-refractivity contribution is 7.80. The maximum atomic E-state index is 5.33. The highest BCUT2D eigenvalue weighted by Gasteiger charge is 2.21. The van der Waals surface area contributed by atoms with Gasteiger partial charge in [-0.25, -0.2) is 0 Å². The molecule has 0 spiro atoms. The number of thiocarbonyl (C=S) groups is 1. The Hall–Kier alpha value is -1.88. The van der Waals surface area contributed by atoms with Crippen LogP contribution in [0.1, 0.15) is 38.2 Å². The smallest absolute Gasteiger partial charge is 0.187 e. The van der Waals surface area contributed by atoms with E-state index in [1.807, 2.05) is 18.3 Å². The number of aromatic nitrogens is 1. The van der Waals surface area contributed by atoms with Crippen molar-refractivity contribution in [1.29, 1.82) is 0 Å². The molecule has 1 heterocycles. The van der Waals surface area contributed by atoms with E-state index in [1.54, 1.807) is 6.21 Å². The van der Waals surface area contributed by atoms with Crippen LogP contribution in [0.15, 0.2) is 35.6 Å². The molecule has 0 aliphatic heterocycles. The molecule has 0 amide bonds. The van der Waals surface area contributed by atoms with Crippen LogP contribution in [-0.4, -0.2) is 22.4 Å². The summed E-state index contributed by atoms with van der Waals surface area (Å²) < 4.78 is 0. The quantitative estimate of drug-likeness (QED) is 0.461. The van der Waals surface area contributed by atoms with E-state index in [1.165, 1.54) is 25.7 Å². The lowest BCUT2D eigenvalue weighted by molar-refractivity contribution is 0.308. The first-order valence-corrected chi connectivity index (χ1v) is 8.30. The molecule has 3 N–H and O–H groups in total. The first-order valence-electron chi connectivity index (χ1n) is 7.90. The Balaban J connectivity index is 1.56. The van der Waals surface area contributed by atoms with Crippen molar-refractivity contribution < 1.29 is 0 Å². The van der Waals surface area contributed by atoms with Crippen molar-refractivity contribution in [1.82, 2.24) is 15.7 Å². The molecular weight excluding hydrogens is 292 g/mol.